The Kier molecular flexibility index (Phi) is 13.8. The van der Waals surface area contributed by atoms with Gasteiger partial charge in [0.2, 0.25) is 11.7 Å². The molecule has 1 aliphatic heterocycles. The van der Waals surface area contributed by atoms with Crippen molar-refractivity contribution in [3.8, 4) is 28.7 Å². The third-order valence-corrected chi connectivity index (χ3v) is 9.73. The molecule has 1 atom stereocenters. The molecule has 1 N–H and O–H groups in total. The molecule has 0 spiro atoms. The van der Waals surface area contributed by atoms with Crippen molar-refractivity contribution in [2.75, 3.05) is 87.3 Å². The average molecular weight is 758 g/mol. The molecule has 1 aliphatic rings. The number of imidazole rings is 1. The van der Waals surface area contributed by atoms with Gasteiger partial charge < -0.3 is 48.1 Å². The summed E-state index contributed by atoms with van der Waals surface area (Å²) < 4.78 is 72.3. The van der Waals surface area contributed by atoms with Crippen LogP contribution in [0.4, 0.5) is 19.1 Å². The first-order valence-corrected chi connectivity index (χ1v) is 17.8. The van der Waals surface area contributed by atoms with Gasteiger partial charge in [-0.15, -0.1) is 0 Å². The summed E-state index contributed by atoms with van der Waals surface area (Å²) >= 11 is 0. The maximum atomic E-state index is 13.8. The number of nitrogens with zero attached hydrogens (tertiary/aromatic N) is 4. The molecule has 5 rings (SSSR count). The summed E-state index contributed by atoms with van der Waals surface area (Å²) in [5, 5.41) is 3.56. The van der Waals surface area contributed by atoms with Crippen molar-refractivity contribution in [3.05, 3.63) is 65.7 Å². The first kappa shape index (κ1) is 40.3. The maximum Gasteiger partial charge on any atom is 0.411 e. The highest BCUT2D eigenvalue weighted by molar-refractivity contribution is 5.95. The minimum Gasteiger partial charge on any atom is -0.493 e. The predicted octanol–water partition coefficient (Wildman–Crippen LogP) is 6.48. The van der Waals surface area contributed by atoms with Gasteiger partial charge in [0, 0.05) is 50.7 Å². The molecule has 0 bridgehead atoms. The number of nitrogens with one attached hydrogen (secondary N) is 1. The van der Waals surface area contributed by atoms with Crippen molar-refractivity contribution in [3.63, 3.8) is 0 Å². The van der Waals surface area contributed by atoms with Crippen LogP contribution in [0.2, 0.25) is 0 Å². The number of para-hydroxylation sites is 2. The first-order chi connectivity index (χ1) is 26.0. The average Bonchev–Trinajstić information content (AvgIpc) is 3.53. The van der Waals surface area contributed by atoms with E-state index in [1.165, 1.54) is 21.3 Å². The highest BCUT2D eigenvalue weighted by atomic mass is 19.4. The number of carbonyl (C=O) groups excluding carboxylic acids is 1. The minimum absolute atomic E-state index is 0.0314. The summed E-state index contributed by atoms with van der Waals surface area (Å²) in [6, 6.07) is 16.9. The number of benzene rings is 3. The van der Waals surface area contributed by atoms with Crippen LogP contribution in [0.1, 0.15) is 41.1 Å². The zero-order valence-corrected chi connectivity index (χ0v) is 31.7. The van der Waals surface area contributed by atoms with Crippen LogP contribution in [0.3, 0.4) is 0 Å². The lowest BCUT2D eigenvalue weighted by Crippen LogP contribution is -2.40. The number of amides is 1. The number of hydrogen-bond acceptors (Lipinski definition) is 10. The van der Waals surface area contributed by atoms with Gasteiger partial charge in [-0.2, -0.15) is 13.2 Å². The molecule has 2 heterocycles. The van der Waals surface area contributed by atoms with Gasteiger partial charge in [0.15, 0.2) is 23.0 Å². The third kappa shape index (κ3) is 9.99. The first-order valence-electron chi connectivity index (χ1n) is 17.8. The Morgan fingerprint density at radius 3 is 2.19 bits per heavy atom. The molecular weight excluding hydrogens is 707 g/mol. The molecule has 0 aliphatic carbocycles. The standard InChI is InChI=1S/C39H50F3N5O7/c1-45(37(48)28-22-34(51-4)36(53-6)35(23-28)52-5)24-27(26-11-12-32(49-2)33(21-26)50-3)13-16-46-17-14-29(15-18-46)43-38-44-30-9-7-8-10-31(30)47(38)19-20-54-25-39(40,41)42/h7-12,21-23,27,29H,13-20,24-25H2,1-6H3,(H,43,44). The molecule has 0 saturated carbocycles. The minimum atomic E-state index is -4.37. The van der Waals surface area contributed by atoms with Gasteiger partial charge in [0.05, 0.1) is 53.2 Å². The summed E-state index contributed by atoms with van der Waals surface area (Å²) in [5.74, 6) is 2.85. The van der Waals surface area contributed by atoms with Gasteiger partial charge in [-0.1, -0.05) is 18.2 Å². The van der Waals surface area contributed by atoms with Gasteiger partial charge in [-0.3, -0.25) is 4.79 Å². The van der Waals surface area contributed by atoms with Crippen LogP contribution in [-0.2, 0) is 11.3 Å². The fourth-order valence-corrected chi connectivity index (χ4v) is 6.89. The lowest BCUT2D eigenvalue weighted by molar-refractivity contribution is -0.174. The Balaban J connectivity index is 1.25. The number of hydrogen-bond donors (Lipinski definition) is 1. The van der Waals surface area contributed by atoms with Gasteiger partial charge in [-0.05, 0) is 67.8 Å². The van der Waals surface area contributed by atoms with E-state index < -0.39 is 12.8 Å². The van der Waals surface area contributed by atoms with E-state index in [0.717, 1.165) is 55.5 Å². The Labute approximate surface area is 314 Å². The van der Waals surface area contributed by atoms with Crippen LogP contribution >= 0.6 is 0 Å². The highest BCUT2D eigenvalue weighted by Gasteiger charge is 2.28. The van der Waals surface area contributed by atoms with E-state index >= 15 is 0 Å². The maximum absolute atomic E-state index is 13.8. The van der Waals surface area contributed by atoms with Crippen LogP contribution in [0.25, 0.3) is 11.0 Å². The van der Waals surface area contributed by atoms with Crippen LogP contribution in [0, 0.1) is 0 Å². The summed E-state index contributed by atoms with van der Waals surface area (Å²) in [5.41, 5.74) is 3.04. The van der Waals surface area contributed by atoms with Crippen molar-refractivity contribution in [2.24, 2.45) is 0 Å². The number of likely N-dealkylation sites (N-methyl/N-ethyl adjacent to an activating group) is 1. The summed E-state index contributed by atoms with van der Waals surface area (Å²) in [6.45, 7) is 1.78. The number of methoxy groups -OCH3 is 5. The molecule has 1 saturated heterocycles. The quantitative estimate of drug-likeness (QED) is 0.113. The highest BCUT2D eigenvalue weighted by Crippen LogP contribution is 2.39. The number of alkyl halides is 3. The Hall–Kier alpha value is -4.89. The Morgan fingerprint density at radius 1 is 0.889 bits per heavy atom. The fourth-order valence-electron chi connectivity index (χ4n) is 6.89. The van der Waals surface area contributed by atoms with Gasteiger partial charge >= 0.3 is 6.18 Å². The van der Waals surface area contributed by atoms with Gasteiger partial charge in [0.25, 0.3) is 5.91 Å². The zero-order valence-electron chi connectivity index (χ0n) is 31.7. The van der Waals surface area contributed by atoms with Crippen LogP contribution < -0.4 is 29.0 Å². The van der Waals surface area contributed by atoms with E-state index in [1.54, 1.807) is 38.3 Å². The third-order valence-electron chi connectivity index (χ3n) is 9.73. The van der Waals surface area contributed by atoms with Crippen molar-refractivity contribution < 1.29 is 46.4 Å². The van der Waals surface area contributed by atoms with Crippen LogP contribution in [0.5, 0.6) is 28.7 Å². The number of piperidine rings is 1. The second-order valence-electron chi connectivity index (χ2n) is 13.2. The summed E-state index contributed by atoms with van der Waals surface area (Å²) in [4.78, 5) is 22.7. The van der Waals surface area contributed by atoms with E-state index in [-0.39, 0.29) is 31.0 Å². The molecule has 3 aromatic carbocycles. The lowest BCUT2D eigenvalue weighted by Gasteiger charge is -2.34. The number of rotatable bonds is 18. The largest absolute Gasteiger partial charge is 0.493 e. The zero-order chi connectivity index (χ0) is 38.8. The van der Waals surface area contributed by atoms with E-state index in [2.05, 4.69) is 10.2 Å². The number of fused-ring (bicyclic) bond motifs is 1. The summed E-state index contributed by atoms with van der Waals surface area (Å²) in [6.07, 6.45) is -1.89. The molecule has 4 aromatic rings. The topological polar surface area (TPSA) is 109 Å². The molecule has 294 valence electrons. The van der Waals surface area contributed by atoms with E-state index in [9.17, 15) is 18.0 Å². The molecule has 1 amide bonds. The SMILES string of the molecule is COc1ccc(C(CCN2CCC(Nc3nc4ccccc4n3CCOCC(F)(F)F)CC2)CN(C)C(=O)c2cc(OC)c(OC)c(OC)c2)cc1OC. The number of aromatic nitrogens is 2. The Morgan fingerprint density at radius 2 is 1.56 bits per heavy atom. The molecule has 1 fully saturated rings. The lowest BCUT2D eigenvalue weighted by atomic mass is 9.93. The molecule has 12 nitrogen and oxygen atoms in total. The van der Waals surface area contributed by atoms with Crippen molar-refractivity contribution in [2.45, 2.75) is 43.9 Å². The second-order valence-corrected chi connectivity index (χ2v) is 13.2. The second kappa shape index (κ2) is 18.4. The molecular formula is C39H50F3N5O7. The number of likely N-dealkylation sites (tertiary alicyclic amines) is 1. The van der Waals surface area contributed by atoms with Crippen molar-refractivity contribution in [1.82, 2.24) is 19.4 Å². The van der Waals surface area contributed by atoms with E-state index in [4.69, 9.17) is 33.4 Å². The molecule has 1 aromatic heterocycles. The van der Waals surface area contributed by atoms with Gasteiger partial charge in [-0.25, -0.2) is 4.98 Å². The van der Waals surface area contributed by atoms with Crippen molar-refractivity contribution >= 4 is 22.9 Å². The van der Waals surface area contributed by atoms with Gasteiger partial charge in [0.1, 0.15) is 6.61 Å². The van der Waals surface area contributed by atoms with Crippen LogP contribution in [-0.4, -0.2) is 119 Å². The van der Waals surface area contributed by atoms with E-state index in [0.29, 0.717) is 46.8 Å². The van der Waals surface area contributed by atoms with Crippen molar-refractivity contribution in [1.29, 1.82) is 0 Å². The van der Waals surface area contributed by atoms with E-state index in [1.807, 2.05) is 47.0 Å². The number of halogens is 3. The molecule has 15 heteroatoms. The molecule has 1 unspecified atom stereocenters. The molecule has 54 heavy (non-hydrogen) atoms. The van der Waals surface area contributed by atoms with Crippen LogP contribution in [0.15, 0.2) is 54.6 Å². The fraction of sp³-hybridized carbons (Fsp3) is 0.487. The number of anilines is 1. The number of ether oxygens (including phenoxy) is 6. The monoisotopic (exact) mass is 757 g/mol. The predicted molar refractivity (Wildman–Crippen MR) is 200 cm³/mol. The molecule has 0 radical (unpaired) electrons. The normalized spacial score (nSPS) is 14.5. The number of carbonyl (C=O) groups is 1. The Bertz CT molecular complexity index is 1820. The summed E-state index contributed by atoms with van der Waals surface area (Å²) in [7, 11) is 9.53. The smallest absolute Gasteiger partial charge is 0.411 e.